The molecule has 0 fully saturated rings. The average molecular weight is 290 g/mol. The van der Waals surface area contributed by atoms with Crippen molar-refractivity contribution in [1.82, 2.24) is 4.98 Å². The molecule has 10 heteroatoms. The third-order valence-corrected chi connectivity index (χ3v) is 2.00. The molecule has 0 radical (unpaired) electrons. The first kappa shape index (κ1) is 15.6. The van der Waals surface area contributed by atoms with Gasteiger partial charge in [0.15, 0.2) is 0 Å². The molecular formula is C10H9F3N4O3. The standard InChI is InChI=1S/C10H9F3N4O3/c11-10(12,13)6-20-2-1-15-9-8(17(18)19)3-7(4-14)5-16-9/h3,5H,1-2,6H2,(H,15,16). The molecule has 0 saturated heterocycles. The minimum atomic E-state index is -4.42. The molecule has 0 spiro atoms. The van der Waals surface area contributed by atoms with Crippen LogP contribution in [0.2, 0.25) is 0 Å². The van der Waals surface area contributed by atoms with E-state index in [4.69, 9.17) is 5.26 Å². The number of nitro groups is 1. The Morgan fingerprint density at radius 3 is 2.80 bits per heavy atom. The number of hydrogen-bond donors (Lipinski definition) is 1. The van der Waals surface area contributed by atoms with Gasteiger partial charge in [0.05, 0.1) is 17.1 Å². The number of halogens is 3. The van der Waals surface area contributed by atoms with E-state index in [1.807, 2.05) is 0 Å². The zero-order valence-corrected chi connectivity index (χ0v) is 9.98. The van der Waals surface area contributed by atoms with Crippen molar-refractivity contribution < 1.29 is 22.8 Å². The number of nitrogens with zero attached hydrogens (tertiary/aromatic N) is 3. The Balaban J connectivity index is 2.56. The fourth-order valence-corrected chi connectivity index (χ4v) is 1.22. The molecule has 108 valence electrons. The largest absolute Gasteiger partial charge is 0.411 e. The van der Waals surface area contributed by atoms with Gasteiger partial charge in [0.25, 0.3) is 0 Å². The van der Waals surface area contributed by atoms with Crippen LogP contribution < -0.4 is 5.32 Å². The highest BCUT2D eigenvalue weighted by molar-refractivity contribution is 5.58. The second kappa shape index (κ2) is 6.67. The first-order valence-corrected chi connectivity index (χ1v) is 5.26. The number of pyridine rings is 1. The molecule has 0 bridgehead atoms. The van der Waals surface area contributed by atoms with Crippen LogP contribution in [-0.2, 0) is 4.74 Å². The predicted octanol–water partition coefficient (Wildman–Crippen LogP) is 1.85. The van der Waals surface area contributed by atoms with E-state index >= 15 is 0 Å². The maximum Gasteiger partial charge on any atom is 0.411 e. The van der Waals surface area contributed by atoms with Gasteiger partial charge in [0.1, 0.15) is 12.7 Å². The molecule has 1 aromatic heterocycles. The third-order valence-electron chi connectivity index (χ3n) is 2.00. The smallest absolute Gasteiger partial charge is 0.370 e. The van der Waals surface area contributed by atoms with Gasteiger partial charge < -0.3 is 10.1 Å². The lowest BCUT2D eigenvalue weighted by Gasteiger charge is -2.09. The number of alkyl halides is 3. The Bertz CT molecular complexity index is 527. The summed E-state index contributed by atoms with van der Waals surface area (Å²) in [5.41, 5.74) is -0.421. The molecule has 0 aromatic carbocycles. The van der Waals surface area contributed by atoms with Crippen LogP contribution in [0.15, 0.2) is 12.3 Å². The SMILES string of the molecule is N#Cc1cnc(NCCOCC(F)(F)F)c([N+](=O)[O-])c1. The molecule has 0 aliphatic heterocycles. The molecule has 0 unspecified atom stereocenters. The van der Waals surface area contributed by atoms with Crippen LogP contribution in [0.1, 0.15) is 5.56 Å². The molecule has 0 atom stereocenters. The minimum Gasteiger partial charge on any atom is -0.370 e. The number of hydrogen-bond acceptors (Lipinski definition) is 6. The highest BCUT2D eigenvalue weighted by Crippen LogP contribution is 2.22. The fourth-order valence-electron chi connectivity index (χ4n) is 1.22. The van der Waals surface area contributed by atoms with E-state index in [1.54, 1.807) is 6.07 Å². The lowest BCUT2D eigenvalue weighted by molar-refractivity contribution is -0.384. The van der Waals surface area contributed by atoms with Crippen LogP contribution in [-0.4, -0.2) is 35.8 Å². The van der Waals surface area contributed by atoms with Gasteiger partial charge >= 0.3 is 11.9 Å². The summed E-state index contributed by atoms with van der Waals surface area (Å²) in [7, 11) is 0. The van der Waals surface area contributed by atoms with E-state index in [2.05, 4.69) is 15.0 Å². The first-order valence-electron chi connectivity index (χ1n) is 5.26. The van der Waals surface area contributed by atoms with E-state index in [0.717, 1.165) is 12.3 Å². The van der Waals surface area contributed by atoms with Crippen molar-refractivity contribution in [1.29, 1.82) is 5.26 Å². The summed E-state index contributed by atoms with van der Waals surface area (Å²) < 4.78 is 39.7. The summed E-state index contributed by atoms with van der Waals surface area (Å²) in [4.78, 5) is 13.7. The number of rotatable bonds is 6. The van der Waals surface area contributed by atoms with Crippen LogP contribution in [0, 0.1) is 21.4 Å². The third kappa shape index (κ3) is 5.07. The Hall–Kier alpha value is -2.41. The average Bonchev–Trinajstić information content (AvgIpc) is 2.37. The van der Waals surface area contributed by atoms with Crippen LogP contribution in [0.5, 0.6) is 0 Å². The summed E-state index contributed by atoms with van der Waals surface area (Å²) in [6.07, 6.45) is -3.30. The summed E-state index contributed by atoms with van der Waals surface area (Å²) in [6, 6.07) is 2.72. The molecule has 1 rings (SSSR count). The second-order valence-electron chi connectivity index (χ2n) is 3.56. The summed E-state index contributed by atoms with van der Waals surface area (Å²) in [6.45, 7) is -1.77. The van der Waals surface area contributed by atoms with Crippen LogP contribution >= 0.6 is 0 Å². The molecule has 1 aromatic rings. The van der Waals surface area contributed by atoms with E-state index in [0.29, 0.717) is 0 Å². The normalized spacial score (nSPS) is 10.9. The highest BCUT2D eigenvalue weighted by atomic mass is 19.4. The molecule has 7 nitrogen and oxygen atoms in total. The van der Waals surface area contributed by atoms with Gasteiger partial charge in [-0.25, -0.2) is 4.98 Å². The van der Waals surface area contributed by atoms with Crippen LogP contribution in [0.25, 0.3) is 0 Å². The van der Waals surface area contributed by atoms with Gasteiger partial charge in [-0.2, -0.15) is 18.4 Å². The van der Waals surface area contributed by atoms with Crippen molar-refractivity contribution in [3.8, 4) is 6.07 Å². The Kier molecular flexibility index (Phi) is 5.22. The van der Waals surface area contributed by atoms with E-state index < -0.39 is 23.4 Å². The van der Waals surface area contributed by atoms with Gasteiger partial charge in [-0.15, -0.1) is 0 Å². The van der Waals surface area contributed by atoms with Gasteiger partial charge in [-0.05, 0) is 0 Å². The fraction of sp³-hybridized carbons (Fsp3) is 0.400. The number of nitrogens with one attached hydrogen (secondary N) is 1. The zero-order chi connectivity index (χ0) is 15.2. The maximum atomic E-state index is 11.8. The van der Waals surface area contributed by atoms with Crippen molar-refractivity contribution in [2.24, 2.45) is 0 Å². The lowest BCUT2D eigenvalue weighted by Crippen LogP contribution is -2.20. The predicted molar refractivity (Wildman–Crippen MR) is 61.0 cm³/mol. The molecule has 0 amide bonds. The number of nitriles is 1. The zero-order valence-electron chi connectivity index (χ0n) is 9.98. The molecule has 0 aliphatic carbocycles. The van der Waals surface area contributed by atoms with Gasteiger partial charge in [-0.1, -0.05) is 0 Å². The van der Waals surface area contributed by atoms with Gasteiger partial charge in [0, 0.05) is 18.8 Å². The first-order chi connectivity index (χ1) is 9.33. The quantitative estimate of drug-likeness (QED) is 0.487. The number of ether oxygens (including phenoxy) is 1. The van der Waals surface area contributed by atoms with Crippen molar-refractivity contribution in [3.63, 3.8) is 0 Å². The molecule has 0 saturated carbocycles. The Morgan fingerprint density at radius 2 is 2.25 bits per heavy atom. The summed E-state index contributed by atoms with van der Waals surface area (Å²) in [5.74, 6) is -0.135. The summed E-state index contributed by atoms with van der Waals surface area (Å²) in [5, 5.41) is 21.8. The number of anilines is 1. The van der Waals surface area contributed by atoms with E-state index in [-0.39, 0.29) is 24.5 Å². The van der Waals surface area contributed by atoms with E-state index in [1.165, 1.54) is 0 Å². The molecule has 1 heterocycles. The van der Waals surface area contributed by atoms with Gasteiger partial charge in [-0.3, -0.25) is 10.1 Å². The highest BCUT2D eigenvalue weighted by Gasteiger charge is 2.27. The molecule has 1 N–H and O–H groups in total. The second-order valence-corrected chi connectivity index (χ2v) is 3.56. The van der Waals surface area contributed by atoms with Crippen LogP contribution in [0.3, 0.4) is 0 Å². The molecule has 20 heavy (non-hydrogen) atoms. The van der Waals surface area contributed by atoms with Crippen molar-refractivity contribution >= 4 is 11.5 Å². The van der Waals surface area contributed by atoms with Crippen molar-refractivity contribution in [2.45, 2.75) is 6.18 Å². The van der Waals surface area contributed by atoms with Crippen molar-refractivity contribution in [3.05, 3.63) is 27.9 Å². The maximum absolute atomic E-state index is 11.8. The number of aromatic nitrogens is 1. The molecular weight excluding hydrogens is 281 g/mol. The summed E-state index contributed by atoms with van der Waals surface area (Å²) >= 11 is 0. The monoisotopic (exact) mass is 290 g/mol. The minimum absolute atomic E-state index is 0.00979. The topological polar surface area (TPSA) is 101 Å². The van der Waals surface area contributed by atoms with E-state index in [9.17, 15) is 23.3 Å². The Labute approximate surface area is 111 Å². The van der Waals surface area contributed by atoms with Gasteiger partial charge in [0.2, 0.25) is 5.82 Å². The lowest BCUT2D eigenvalue weighted by atomic mass is 10.3. The van der Waals surface area contributed by atoms with Crippen molar-refractivity contribution in [2.75, 3.05) is 25.1 Å². The van der Waals surface area contributed by atoms with Crippen LogP contribution in [0.4, 0.5) is 24.7 Å². The Morgan fingerprint density at radius 1 is 1.55 bits per heavy atom. The molecule has 0 aliphatic rings.